The molecule has 0 bridgehead atoms. The summed E-state index contributed by atoms with van der Waals surface area (Å²) >= 11 is 1.54. The summed E-state index contributed by atoms with van der Waals surface area (Å²) in [5.74, 6) is 0. The van der Waals surface area contributed by atoms with Crippen molar-refractivity contribution in [3.8, 4) is 0 Å². The molecule has 0 aliphatic carbocycles. The van der Waals surface area contributed by atoms with Crippen molar-refractivity contribution in [3.05, 3.63) is 52.5 Å². The SMILES string of the molecule is Cc1csnc1Cc1ccccc1. The van der Waals surface area contributed by atoms with E-state index in [1.165, 1.54) is 28.4 Å². The molecule has 1 aromatic heterocycles. The first-order chi connectivity index (χ1) is 6.36. The van der Waals surface area contributed by atoms with Crippen molar-refractivity contribution in [2.24, 2.45) is 0 Å². The van der Waals surface area contributed by atoms with Crippen molar-refractivity contribution in [2.45, 2.75) is 13.3 Å². The van der Waals surface area contributed by atoms with Crippen molar-refractivity contribution in [3.63, 3.8) is 0 Å². The van der Waals surface area contributed by atoms with E-state index in [1.807, 2.05) is 6.07 Å². The zero-order valence-electron chi connectivity index (χ0n) is 7.53. The van der Waals surface area contributed by atoms with Crippen molar-refractivity contribution in [1.29, 1.82) is 0 Å². The number of aromatic nitrogens is 1. The molecule has 1 heterocycles. The molecule has 0 unspecified atom stereocenters. The van der Waals surface area contributed by atoms with Gasteiger partial charge in [0.25, 0.3) is 0 Å². The Hall–Kier alpha value is -1.15. The van der Waals surface area contributed by atoms with E-state index in [1.54, 1.807) is 0 Å². The van der Waals surface area contributed by atoms with Crippen LogP contribution in [-0.2, 0) is 6.42 Å². The van der Waals surface area contributed by atoms with Crippen LogP contribution in [0.15, 0.2) is 35.7 Å². The highest BCUT2D eigenvalue weighted by Gasteiger charge is 2.01. The van der Waals surface area contributed by atoms with Gasteiger partial charge in [-0.15, -0.1) is 0 Å². The summed E-state index contributed by atoms with van der Waals surface area (Å²) in [5.41, 5.74) is 3.83. The first-order valence-electron chi connectivity index (χ1n) is 4.30. The molecule has 0 saturated carbocycles. The standard InChI is InChI=1S/C11H11NS/c1-9-8-13-12-11(9)7-10-5-3-2-4-6-10/h2-6,8H,7H2,1H3. The zero-order valence-corrected chi connectivity index (χ0v) is 8.34. The molecular formula is C11H11NS. The fourth-order valence-corrected chi connectivity index (χ4v) is 1.95. The molecule has 0 aliphatic heterocycles. The minimum absolute atomic E-state index is 0.955. The lowest BCUT2D eigenvalue weighted by atomic mass is 10.1. The van der Waals surface area contributed by atoms with Gasteiger partial charge in [0.05, 0.1) is 5.69 Å². The number of hydrogen-bond acceptors (Lipinski definition) is 2. The van der Waals surface area contributed by atoms with Crippen LogP contribution >= 0.6 is 11.5 Å². The molecule has 2 heteroatoms. The number of benzene rings is 1. The Morgan fingerprint density at radius 1 is 1.23 bits per heavy atom. The quantitative estimate of drug-likeness (QED) is 0.707. The maximum atomic E-state index is 4.35. The topological polar surface area (TPSA) is 12.9 Å². The highest BCUT2D eigenvalue weighted by atomic mass is 32.1. The average molecular weight is 189 g/mol. The molecule has 2 rings (SSSR count). The second kappa shape index (κ2) is 3.71. The molecular weight excluding hydrogens is 178 g/mol. The van der Waals surface area contributed by atoms with Crippen molar-refractivity contribution < 1.29 is 0 Å². The van der Waals surface area contributed by atoms with Crippen LogP contribution in [0.25, 0.3) is 0 Å². The van der Waals surface area contributed by atoms with Crippen LogP contribution in [0.2, 0.25) is 0 Å². The Labute approximate surface area is 82.2 Å². The third-order valence-corrected chi connectivity index (χ3v) is 2.85. The predicted molar refractivity (Wildman–Crippen MR) is 56.1 cm³/mol. The molecule has 0 fully saturated rings. The van der Waals surface area contributed by atoms with Gasteiger partial charge in [-0.2, -0.15) is 4.37 Å². The number of hydrogen-bond donors (Lipinski definition) is 0. The molecule has 0 N–H and O–H groups in total. The van der Waals surface area contributed by atoms with E-state index in [9.17, 15) is 0 Å². The molecule has 1 aromatic carbocycles. The van der Waals surface area contributed by atoms with Crippen LogP contribution in [0.1, 0.15) is 16.8 Å². The summed E-state index contributed by atoms with van der Waals surface area (Å²) < 4.78 is 4.35. The zero-order chi connectivity index (χ0) is 9.10. The molecule has 0 atom stereocenters. The molecule has 2 aromatic rings. The van der Waals surface area contributed by atoms with Gasteiger partial charge < -0.3 is 0 Å². The molecule has 0 saturated heterocycles. The average Bonchev–Trinajstić information content (AvgIpc) is 2.54. The smallest absolute Gasteiger partial charge is 0.0615 e. The van der Waals surface area contributed by atoms with E-state index in [4.69, 9.17) is 0 Å². The Kier molecular flexibility index (Phi) is 2.41. The normalized spacial score (nSPS) is 10.2. The number of nitrogens with zero attached hydrogens (tertiary/aromatic N) is 1. The second-order valence-electron chi connectivity index (χ2n) is 3.11. The lowest BCUT2D eigenvalue weighted by Crippen LogP contribution is -1.89. The van der Waals surface area contributed by atoms with Crippen LogP contribution in [0.3, 0.4) is 0 Å². The van der Waals surface area contributed by atoms with Crippen LogP contribution in [0.4, 0.5) is 0 Å². The highest BCUT2D eigenvalue weighted by molar-refractivity contribution is 7.03. The fourth-order valence-electron chi connectivity index (χ4n) is 1.27. The van der Waals surface area contributed by atoms with E-state index < -0.39 is 0 Å². The lowest BCUT2D eigenvalue weighted by molar-refractivity contribution is 1.11. The first-order valence-corrected chi connectivity index (χ1v) is 5.13. The molecule has 0 amide bonds. The minimum Gasteiger partial charge on any atom is -0.197 e. The van der Waals surface area contributed by atoms with Crippen LogP contribution in [0, 0.1) is 6.92 Å². The van der Waals surface area contributed by atoms with Gasteiger partial charge in [0.2, 0.25) is 0 Å². The summed E-state index contributed by atoms with van der Waals surface area (Å²) in [6, 6.07) is 10.4. The van der Waals surface area contributed by atoms with Gasteiger partial charge in [0.15, 0.2) is 0 Å². The van der Waals surface area contributed by atoms with Gasteiger partial charge in [-0.1, -0.05) is 30.3 Å². The van der Waals surface area contributed by atoms with Crippen molar-refractivity contribution in [1.82, 2.24) is 4.37 Å². The summed E-state index contributed by atoms with van der Waals surface area (Å²) in [7, 11) is 0. The molecule has 0 radical (unpaired) electrons. The Bertz CT molecular complexity index is 378. The largest absolute Gasteiger partial charge is 0.197 e. The van der Waals surface area contributed by atoms with Crippen LogP contribution in [0.5, 0.6) is 0 Å². The van der Waals surface area contributed by atoms with Crippen LogP contribution in [-0.4, -0.2) is 4.37 Å². The number of rotatable bonds is 2. The second-order valence-corrected chi connectivity index (χ2v) is 3.74. The van der Waals surface area contributed by atoms with E-state index in [-0.39, 0.29) is 0 Å². The lowest BCUT2D eigenvalue weighted by Gasteiger charge is -1.98. The number of aryl methyl sites for hydroxylation is 1. The van der Waals surface area contributed by atoms with Crippen molar-refractivity contribution >= 4 is 11.5 Å². The van der Waals surface area contributed by atoms with Gasteiger partial charge in [0.1, 0.15) is 0 Å². The molecule has 66 valence electrons. The Morgan fingerprint density at radius 2 is 2.00 bits per heavy atom. The third kappa shape index (κ3) is 1.95. The maximum Gasteiger partial charge on any atom is 0.0615 e. The van der Waals surface area contributed by atoms with Gasteiger partial charge in [-0.05, 0) is 29.6 Å². The fraction of sp³-hybridized carbons (Fsp3) is 0.182. The predicted octanol–water partition coefficient (Wildman–Crippen LogP) is 3.04. The summed E-state index contributed by atoms with van der Waals surface area (Å²) in [5, 5.41) is 2.10. The minimum atomic E-state index is 0.955. The Balaban J connectivity index is 2.20. The van der Waals surface area contributed by atoms with Gasteiger partial charge in [-0.3, -0.25) is 0 Å². The summed E-state index contributed by atoms with van der Waals surface area (Å²) in [6.07, 6.45) is 0.955. The van der Waals surface area contributed by atoms with Gasteiger partial charge in [-0.25, -0.2) is 0 Å². The summed E-state index contributed by atoms with van der Waals surface area (Å²) in [6.45, 7) is 2.11. The monoisotopic (exact) mass is 189 g/mol. The van der Waals surface area contributed by atoms with E-state index in [2.05, 4.69) is 40.9 Å². The summed E-state index contributed by atoms with van der Waals surface area (Å²) in [4.78, 5) is 0. The molecule has 1 nitrogen and oxygen atoms in total. The van der Waals surface area contributed by atoms with Gasteiger partial charge >= 0.3 is 0 Å². The molecule has 13 heavy (non-hydrogen) atoms. The first kappa shape index (κ1) is 8.45. The van der Waals surface area contributed by atoms with Gasteiger partial charge in [0, 0.05) is 11.8 Å². The van der Waals surface area contributed by atoms with E-state index in [0.29, 0.717) is 0 Å². The highest BCUT2D eigenvalue weighted by Crippen LogP contribution is 2.13. The Morgan fingerprint density at radius 3 is 2.62 bits per heavy atom. The van der Waals surface area contributed by atoms with E-state index in [0.717, 1.165) is 6.42 Å². The van der Waals surface area contributed by atoms with E-state index >= 15 is 0 Å². The third-order valence-electron chi connectivity index (χ3n) is 2.06. The van der Waals surface area contributed by atoms with Crippen molar-refractivity contribution in [2.75, 3.05) is 0 Å². The van der Waals surface area contributed by atoms with Crippen LogP contribution < -0.4 is 0 Å². The maximum absolute atomic E-state index is 4.35. The molecule has 0 aliphatic rings. The molecule has 0 spiro atoms.